The Labute approximate surface area is 186 Å². The summed E-state index contributed by atoms with van der Waals surface area (Å²) in [7, 11) is 0. The first-order chi connectivity index (χ1) is 14.9. The number of nitro benzene ring substituents is 1. The van der Waals surface area contributed by atoms with Crippen LogP contribution in [0.25, 0.3) is 11.8 Å². The minimum Gasteiger partial charge on any atom is -0.316 e. The second-order valence-electron chi connectivity index (χ2n) is 6.42. The molecule has 0 fully saturated rings. The summed E-state index contributed by atoms with van der Waals surface area (Å²) in [5.41, 5.74) is 0.711. The summed E-state index contributed by atoms with van der Waals surface area (Å²) in [6.45, 7) is 2.08. The maximum atomic E-state index is 12.6. The van der Waals surface area contributed by atoms with Crippen LogP contribution in [0.3, 0.4) is 0 Å². The molecular formula is C20H17ClN6O3S. The topological polar surface area (TPSA) is 127 Å². The molecule has 31 heavy (non-hydrogen) atoms. The lowest BCUT2D eigenvalue weighted by Gasteiger charge is -2.09. The number of nitriles is 1. The van der Waals surface area contributed by atoms with Crippen LogP contribution in [0, 0.1) is 21.4 Å². The van der Waals surface area contributed by atoms with Crippen molar-refractivity contribution in [2.45, 2.75) is 26.2 Å². The molecule has 0 aliphatic heterocycles. The summed E-state index contributed by atoms with van der Waals surface area (Å²) in [4.78, 5) is 22.9. The lowest BCUT2D eigenvalue weighted by Crippen LogP contribution is -2.13. The minimum atomic E-state index is -0.608. The van der Waals surface area contributed by atoms with E-state index >= 15 is 0 Å². The van der Waals surface area contributed by atoms with Crippen molar-refractivity contribution in [2.24, 2.45) is 0 Å². The SMILES string of the molecule is CCCCc1nnc(NC(=O)C(C#N)=Cc2cccn2-c2ccc([N+](=O)[O-])cc2Cl)s1. The third kappa shape index (κ3) is 5.33. The fraction of sp³-hybridized carbons (Fsp3) is 0.200. The predicted octanol–water partition coefficient (Wildman–Crippen LogP) is 4.78. The summed E-state index contributed by atoms with van der Waals surface area (Å²) in [5.74, 6) is -0.608. The molecule has 0 aliphatic rings. The van der Waals surface area contributed by atoms with Gasteiger partial charge in [-0.3, -0.25) is 20.2 Å². The second kappa shape index (κ2) is 9.97. The number of nitrogens with zero attached hydrogens (tertiary/aromatic N) is 5. The Kier molecular flexibility index (Phi) is 7.12. The number of aryl methyl sites for hydroxylation is 1. The molecule has 0 saturated carbocycles. The van der Waals surface area contributed by atoms with Gasteiger partial charge < -0.3 is 4.57 Å². The summed E-state index contributed by atoms with van der Waals surface area (Å²) in [6.07, 6.45) is 5.88. The number of rotatable bonds is 8. The summed E-state index contributed by atoms with van der Waals surface area (Å²) in [6, 6.07) is 9.37. The Bertz CT molecular complexity index is 1190. The van der Waals surface area contributed by atoms with Crippen LogP contribution in [0.1, 0.15) is 30.5 Å². The van der Waals surface area contributed by atoms with Gasteiger partial charge in [-0.1, -0.05) is 36.3 Å². The van der Waals surface area contributed by atoms with Gasteiger partial charge >= 0.3 is 0 Å². The normalized spacial score (nSPS) is 11.2. The largest absolute Gasteiger partial charge is 0.316 e. The van der Waals surface area contributed by atoms with Gasteiger partial charge in [-0.15, -0.1) is 10.2 Å². The third-order valence-electron chi connectivity index (χ3n) is 4.27. The van der Waals surface area contributed by atoms with Crippen LogP contribution in [-0.2, 0) is 11.2 Å². The van der Waals surface area contributed by atoms with Gasteiger partial charge in [0.15, 0.2) is 0 Å². The van der Waals surface area contributed by atoms with Gasteiger partial charge in [-0.2, -0.15) is 5.26 Å². The molecule has 0 spiro atoms. The van der Waals surface area contributed by atoms with Crippen molar-refractivity contribution >= 4 is 45.7 Å². The van der Waals surface area contributed by atoms with Crippen molar-refractivity contribution in [1.29, 1.82) is 5.26 Å². The maximum absolute atomic E-state index is 12.6. The first-order valence-electron chi connectivity index (χ1n) is 9.30. The molecule has 1 amide bonds. The number of anilines is 1. The maximum Gasteiger partial charge on any atom is 0.271 e. The van der Waals surface area contributed by atoms with Crippen molar-refractivity contribution in [3.8, 4) is 11.8 Å². The molecule has 0 radical (unpaired) electrons. The lowest BCUT2D eigenvalue weighted by molar-refractivity contribution is -0.384. The third-order valence-corrected chi connectivity index (χ3v) is 5.47. The van der Waals surface area contributed by atoms with E-state index in [1.165, 1.54) is 35.6 Å². The number of benzene rings is 1. The number of hydrogen-bond donors (Lipinski definition) is 1. The van der Waals surface area contributed by atoms with Gasteiger partial charge in [0.25, 0.3) is 11.6 Å². The van der Waals surface area contributed by atoms with Crippen LogP contribution in [-0.4, -0.2) is 25.6 Å². The molecule has 0 aliphatic carbocycles. The van der Waals surface area contributed by atoms with Crippen LogP contribution in [0.2, 0.25) is 5.02 Å². The molecule has 3 rings (SSSR count). The number of amides is 1. The number of unbranched alkanes of at least 4 members (excludes halogenated alkanes) is 1. The van der Waals surface area contributed by atoms with Gasteiger partial charge in [0.05, 0.1) is 15.6 Å². The van der Waals surface area contributed by atoms with E-state index in [4.69, 9.17) is 11.6 Å². The molecule has 1 aromatic carbocycles. The number of non-ortho nitro benzene ring substituents is 1. The van der Waals surface area contributed by atoms with Crippen LogP contribution < -0.4 is 5.32 Å². The molecule has 0 unspecified atom stereocenters. The molecule has 2 aromatic heterocycles. The number of nitrogens with one attached hydrogen (secondary N) is 1. The van der Waals surface area contributed by atoms with Crippen molar-refractivity contribution < 1.29 is 9.72 Å². The first-order valence-corrected chi connectivity index (χ1v) is 10.5. The highest BCUT2D eigenvalue weighted by Crippen LogP contribution is 2.27. The average Bonchev–Trinajstić information content (AvgIpc) is 3.39. The Morgan fingerprint density at radius 2 is 2.23 bits per heavy atom. The number of halogens is 1. The van der Waals surface area contributed by atoms with E-state index < -0.39 is 10.8 Å². The van der Waals surface area contributed by atoms with Gasteiger partial charge in [0, 0.05) is 30.4 Å². The number of hydrogen-bond acceptors (Lipinski definition) is 7. The Morgan fingerprint density at radius 3 is 2.90 bits per heavy atom. The van der Waals surface area contributed by atoms with Gasteiger partial charge in [-0.25, -0.2) is 0 Å². The average molecular weight is 457 g/mol. The summed E-state index contributed by atoms with van der Waals surface area (Å²) in [5, 5.41) is 32.3. The van der Waals surface area contributed by atoms with Crippen LogP contribution in [0.15, 0.2) is 42.1 Å². The van der Waals surface area contributed by atoms with E-state index in [9.17, 15) is 20.2 Å². The number of carbonyl (C=O) groups is 1. The monoisotopic (exact) mass is 456 g/mol. The Hall–Kier alpha value is -3.55. The number of aromatic nitrogens is 3. The van der Waals surface area contributed by atoms with Crippen molar-refractivity contribution in [3.63, 3.8) is 0 Å². The Morgan fingerprint density at radius 1 is 1.42 bits per heavy atom. The highest BCUT2D eigenvalue weighted by molar-refractivity contribution is 7.15. The van der Waals surface area contributed by atoms with E-state index in [-0.39, 0.29) is 16.3 Å². The highest BCUT2D eigenvalue weighted by Gasteiger charge is 2.16. The molecule has 3 aromatic rings. The zero-order valence-corrected chi connectivity index (χ0v) is 18.0. The molecule has 0 bridgehead atoms. The van der Waals surface area contributed by atoms with Gasteiger partial charge in [0.1, 0.15) is 16.6 Å². The molecular weight excluding hydrogens is 440 g/mol. The van der Waals surface area contributed by atoms with E-state index in [0.29, 0.717) is 16.5 Å². The molecule has 9 nitrogen and oxygen atoms in total. The molecule has 0 saturated heterocycles. The van der Waals surface area contributed by atoms with Crippen LogP contribution >= 0.6 is 22.9 Å². The molecule has 0 atom stereocenters. The minimum absolute atomic E-state index is 0.134. The second-order valence-corrected chi connectivity index (χ2v) is 7.89. The predicted molar refractivity (Wildman–Crippen MR) is 118 cm³/mol. The molecule has 158 valence electrons. The zero-order chi connectivity index (χ0) is 22.4. The van der Waals surface area contributed by atoms with Gasteiger partial charge in [0.2, 0.25) is 5.13 Å². The van der Waals surface area contributed by atoms with E-state index in [1.54, 1.807) is 22.9 Å². The van der Waals surface area contributed by atoms with Crippen LogP contribution in [0.5, 0.6) is 0 Å². The van der Waals surface area contributed by atoms with Crippen LogP contribution in [0.4, 0.5) is 10.8 Å². The zero-order valence-electron chi connectivity index (χ0n) is 16.4. The molecule has 1 N–H and O–H groups in total. The fourth-order valence-corrected chi connectivity index (χ4v) is 3.77. The molecule has 11 heteroatoms. The number of carbonyl (C=O) groups excluding carboxylic acids is 1. The highest BCUT2D eigenvalue weighted by atomic mass is 35.5. The van der Waals surface area contributed by atoms with E-state index in [1.807, 2.05) is 6.07 Å². The molecule has 2 heterocycles. The number of nitro groups is 1. The fourth-order valence-electron chi connectivity index (χ4n) is 2.73. The Balaban J connectivity index is 1.83. The lowest BCUT2D eigenvalue weighted by atomic mass is 10.2. The van der Waals surface area contributed by atoms with Crippen molar-refractivity contribution in [2.75, 3.05) is 5.32 Å². The van der Waals surface area contributed by atoms with Crippen molar-refractivity contribution in [3.05, 3.63) is 67.9 Å². The smallest absolute Gasteiger partial charge is 0.271 e. The standard InChI is InChI=1S/C20H17ClN6O3S/c1-2-3-6-18-24-25-20(31-18)23-19(28)13(12-22)10-14-5-4-9-26(14)17-8-7-15(27(29)30)11-16(17)21/h4-5,7-11H,2-3,6H2,1H3,(H,23,25,28). The van der Waals surface area contributed by atoms with Gasteiger partial charge in [-0.05, 0) is 30.7 Å². The van der Waals surface area contributed by atoms with Crippen molar-refractivity contribution in [1.82, 2.24) is 14.8 Å². The summed E-state index contributed by atoms with van der Waals surface area (Å²) >= 11 is 7.49. The van der Waals surface area contributed by atoms with E-state index in [0.717, 1.165) is 24.3 Å². The van der Waals surface area contributed by atoms with E-state index in [2.05, 4.69) is 22.4 Å². The first kappa shape index (κ1) is 22.1. The summed E-state index contributed by atoms with van der Waals surface area (Å²) < 4.78 is 1.63. The quantitative estimate of drug-likeness (QED) is 0.225.